The number of fused-ring (bicyclic) bond motifs is 1. The van der Waals surface area contributed by atoms with Gasteiger partial charge in [0.05, 0.1) is 0 Å². The molecule has 0 aliphatic carbocycles. The van der Waals surface area contributed by atoms with Crippen molar-refractivity contribution in [2.75, 3.05) is 13.2 Å². The number of ether oxygens (including phenoxy) is 1. The number of allylic oxidation sites excluding steroid dienone is 1. The molecule has 1 amide bonds. The zero-order valence-corrected chi connectivity index (χ0v) is 12.6. The lowest BCUT2D eigenvalue weighted by atomic mass is 10.0. The van der Waals surface area contributed by atoms with Crippen LogP contribution in [0.2, 0.25) is 0 Å². The van der Waals surface area contributed by atoms with Gasteiger partial charge in [-0.1, -0.05) is 36.3 Å². The van der Waals surface area contributed by atoms with Crippen molar-refractivity contribution < 1.29 is 9.53 Å². The van der Waals surface area contributed by atoms with Gasteiger partial charge in [0.1, 0.15) is 12.4 Å². The number of amides is 1. The number of terminal acetylenes is 1. The molecule has 0 radical (unpaired) electrons. The van der Waals surface area contributed by atoms with Crippen molar-refractivity contribution in [1.29, 1.82) is 0 Å². The average molecular weight is 293 g/mol. The van der Waals surface area contributed by atoms with Crippen LogP contribution in [0.1, 0.15) is 12.5 Å². The molecular formula is C19H19NO2. The molecule has 0 saturated heterocycles. The fourth-order valence-corrected chi connectivity index (χ4v) is 2.28. The molecule has 0 spiro atoms. The highest BCUT2D eigenvalue weighted by molar-refractivity contribution is 5.88. The normalized spacial score (nSPS) is 10.5. The second kappa shape index (κ2) is 7.90. The minimum Gasteiger partial charge on any atom is -0.481 e. The van der Waals surface area contributed by atoms with Crippen molar-refractivity contribution >= 4 is 16.7 Å². The highest BCUT2D eigenvalue weighted by Crippen LogP contribution is 2.24. The summed E-state index contributed by atoms with van der Waals surface area (Å²) in [7, 11) is 0. The second-order valence-electron chi connectivity index (χ2n) is 4.83. The van der Waals surface area contributed by atoms with Crippen LogP contribution in [0, 0.1) is 12.3 Å². The van der Waals surface area contributed by atoms with E-state index < -0.39 is 0 Å². The van der Waals surface area contributed by atoms with Gasteiger partial charge in [-0.2, -0.15) is 0 Å². The van der Waals surface area contributed by atoms with Crippen LogP contribution in [0.3, 0.4) is 0 Å². The number of hydrogen-bond donors (Lipinski definition) is 1. The van der Waals surface area contributed by atoms with Gasteiger partial charge < -0.3 is 10.1 Å². The fraction of sp³-hybridized carbons (Fsp3) is 0.211. The molecule has 0 aromatic heterocycles. The van der Waals surface area contributed by atoms with E-state index in [-0.39, 0.29) is 12.5 Å². The molecule has 0 bridgehead atoms. The number of rotatable bonds is 6. The lowest BCUT2D eigenvalue weighted by Crippen LogP contribution is -2.23. The third-order valence-electron chi connectivity index (χ3n) is 3.28. The summed E-state index contributed by atoms with van der Waals surface area (Å²) >= 11 is 0. The summed E-state index contributed by atoms with van der Waals surface area (Å²) < 4.78 is 5.48. The predicted octanol–water partition coefficient (Wildman–Crippen LogP) is 3.09. The Balaban J connectivity index is 2.14. The maximum Gasteiger partial charge on any atom is 0.243 e. The Labute approximate surface area is 131 Å². The van der Waals surface area contributed by atoms with Crippen molar-refractivity contribution in [3.63, 3.8) is 0 Å². The first-order chi connectivity index (χ1) is 10.7. The smallest absolute Gasteiger partial charge is 0.243 e. The number of benzene rings is 2. The molecule has 0 heterocycles. The maximum atomic E-state index is 11.4. The van der Waals surface area contributed by atoms with Gasteiger partial charge in [-0.15, -0.1) is 6.42 Å². The van der Waals surface area contributed by atoms with E-state index >= 15 is 0 Å². The van der Waals surface area contributed by atoms with E-state index in [4.69, 9.17) is 11.2 Å². The zero-order valence-electron chi connectivity index (χ0n) is 12.6. The minimum absolute atomic E-state index is 0.0687. The Morgan fingerprint density at radius 2 is 2.23 bits per heavy atom. The van der Waals surface area contributed by atoms with E-state index in [1.165, 1.54) is 11.6 Å². The lowest BCUT2D eigenvalue weighted by Gasteiger charge is -2.09. The Kier molecular flexibility index (Phi) is 5.62. The SMILES string of the molecule is C#CCOc1ccc2cccc(CCNC(=O)C=CC)c2c1. The van der Waals surface area contributed by atoms with Crippen molar-refractivity contribution in [2.24, 2.45) is 0 Å². The van der Waals surface area contributed by atoms with E-state index in [1.807, 2.05) is 31.2 Å². The standard InChI is InChI=1S/C19H19NO2/c1-3-6-19(21)20-12-11-16-8-5-7-15-9-10-17(14-18(15)16)22-13-4-2/h2-3,5-10,14H,11-13H2,1H3,(H,20,21). The molecule has 22 heavy (non-hydrogen) atoms. The van der Waals surface area contributed by atoms with Crippen LogP contribution in [0.5, 0.6) is 5.75 Å². The average Bonchev–Trinajstić information content (AvgIpc) is 2.53. The molecule has 3 heteroatoms. The minimum atomic E-state index is -0.0687. The van der Waals surface area contributed by atoms with Crippen molar-refractivity contribution in [2.45, 2.75) is 13.3 Å². The third kappa shape index (κ3) is 4.13. The van der Waals surface area contributed by atoms with Gasteiger partial charge in [-0.3, -0.25) is 4.79 Å². The number of hydrogen-bond acceptors (Lipinski definition) is 2. The Hall–Kier alpha value is -2.73. The van der Waals surface area contributed by atoms with Crippen molar-refractivity contribution in [1.82, 2.24) is 5.32 Å². The first kappa shape index (κ1) is 15.7. The topological polar surface area (TPSA) is 38.3 Å². The van der Waals surface area contributed by atoms with E-state index in [1.54, 1.807) is 6.08 Å². The van der Waals surface area contributed by atoms with E-state index in [0.717, 1.165) is 22.9 Å². The van der Waals surface area contributed by atoms with E-state index in [2.05, 4.69) is 23.4 Å². The summed E-state index contributed by atoms with van der Waals surface area (Å²) in [4.78, 5) is 11.4. The first-order valence-electron chi connectivity index (χ1n) is 7.23. The quantitative estimate of drug-likeness (QED) is 0.656. The van der Waals surface area contributed by atoms with Gasteiger partial charge >= 0.3 is 0 Å². The van der Waals surface area contributed by atoms with E-state index in [0.29, 0.717) is 6.54 Å². The first-order valence-corrected chi connectivity index (χ1v) is 7.23. The molecule has 2 rings (SSSR count). The van der Waals surface area contributed by atoms with Crippen LogP contribution < -0.4 is 10.1 Å². The molecule has 0 saturated carbocycles. The summed E-state index contributed by atoms with van der Waals surface area (Å²) in [5.41, 5.74) is 1.17. The molecule has 2 aromatic rings. The third-order valence-corrected chi connectivity index (χ3v) is 3.28. The summed E-state index contributed by atoms with van der Waals surface area (Å²) in [5.74, 6) is 3.15. The highest BCUT2D eigenvalue weighted by Gasteiger charge is 2.04. The maximum absolute atomic E-state index is 11.4. The molecule has 112 valence electrons. The summed E-state index contributed by atoms with van der Waals surface area (Å²) in [6, 6.07) is 12.1. The van der Waals surface area contributed by atoms with Crippen LogP contribution in [0.25, 0.3) is 10.8 Å². The number of nitrogens with one attached hydrogen (secondary N) is 1. The largest absolute Gasteiger partial charge is 0.481 e. The summed E-state index contributed by atoms with van der Waals surface area (Å²) in [6.07, 6.45) is 9.23. The van der Waals surface area contributed by atoms with Crippen LogP contribution in [0.4, 0.5) is 0 Å². The molecule has 3 nitrogen and oxygen atoms in total. The Morgan fingerprint density at radius 3 is 3.00 bits per heavy atom. The van der Waals surface area contributed by atoms with Crippen LogP contribution >= 0.6 is 0 Å². The Morgan fingerprint density at radius 1 is 1.36 bits per heavy atom. The van der Waals surface area contributed by atoms with Crippen molar-refractivity contribution in [3.8, 4) is 18.1 Å². The molecule has 1 N–H and O–H groups in total. The summed E-state index contributed by atoms with van der Waals surface area (Å²) in [5, 5.41) is 5.13. The Bertz CT molecular complexity index is 726. The van der Waals surface area contributed by atoms with Gasteiger partial charge in [0.15, 0.2) is 0 Å². The molecule has 2 aromatic carbocycles. The van der Waals surface area contributed by atoms with Gasteiger partial charge in [0, 0.05) is 6.54 Å². The summed E-state index contributed by atoms with van der Waals surface area (Å²) in [6.45, 7) is 2.67. The van der Waals surface area contributed by atoms with Crippen molar-refractivity contribution in [3.05, 3.63) is 54.1 Å². The molecule has 0 fully saturated rings. The van der Waals surface area contributed by atoms with Gasteiger partial charge in [0.2, 0.25) is 5.91 Å². The molecule has 0 aliphatic rings. The highest BCUT2D eigenvalue weighted by atomic mass is 16.5. The van der Waals surface area contributed by atoms with E-state index in [9.17, 15) is 4.79 Å². The van der Waals surface area contributed by atoms with Crippen LogP contribution in [-0.4, -0.2) is 19.1 Å². The van der Waals surface area contributed by atoms with Gasteiger partial charge in [0.25, 0.3) is 0 Å². The predicted molar refractivity (Wildman–Crippen MR) is 89.8 cm³/mol. The fourth-order valence-electron chi connectivity index (χ4n) is 2.28. The van der Waals surface area contributed by atoms with Crippen LogP contribution in [0.15, 0.2) is 48.6 Å². The number of carbonyl (C=O) groups is 1. The second-order valence-corrected chi connectivity index (χ2v) is 4.83. The zero-order chi connectivity index (χ0) is 15.8. The molecule has 0 unspecified atom stereocenters. The van der Waals surface area contributed by atoms with Crippen LogP contribution in [-0.2, 0) is 11.2 Å². The number of carbonyl (C=O) groups excluding carboxylic acids is 1. The lowest BCUT2D eigenvalue weighted by molar-refractivity contribution is -0.116. The molecule has 0 atom stereocenters. The van der Waals surface area contributed by atoms with Gasteiger partial charge in [-0.05, 0) is 47.9 Å². The monoisotopic (exact) mass is 293 g/mol. The van der Waals surface area contributed by atoms with Gasteiger partial charge in [-0.25, -0.2) is 0 Å². The molecule has 0 aliphatic heterocycles. The molecular weight excluding hydrogens is 274 g/mol.